The lowest BCUT2D eigenvalue weighted by atomic mass is 10.1. The lowest BCUT2D eigenvalue weighted by Crippen LogP contribution is -2.43. The van der Waals surface area contributed by atoms with Crippen LogP contribution >= 0.6 is 11.3 Å². The molecule has 5 heteroatoms. The Morgan fingerprint density at radius 1 is 1.47 bits per heavy atom. The van der Waals surface area contributed by atoms with Gasteiger partial charge in [-0.3, -0.25) is 9.69 Å². The zero-order valence-corrected chi connectivity index (χ0v) is 11.8. The number of hydrogen-bond acceptors (Lipinski definition) is 4. The van der Waals surface area contributed by atoms with E-state index in [4.69, 9.17) is 4.74 Å². The third kappa shape index (κ3) is 3.35. The van der Waals surface area contributed by atoms with Crippen molar-refractivity contribution < 1.29 is 9.53 Å². The Bertz CT molecular complexity index is 411. The molecule has 0 aromatic carbocycles. The van der Waals surface area contributed by atoms with E-state index in [9.17, 15) is 4.79 Å². The minimum Gasteiger partial charge on any atom is -0.379 e. The molecular formula is C14H20N2O2S. The van der Waals surface area contributed by atoms with Crippen molar-refractivity contribution >= 4 is 17.2 Å². The van der Waals surface area contributed by atoms with Crippen LogP contribution in [0, 0.1) is 5.92 Å². The number of amides is 1. The van der Waals surface area contributed by atoms with Gasteiger partial charge in [-0.1, -0.05) is 0 Å². The highest BCUT2D eigenvalue weighted by Crippen LogP contribution is 2.29. The monoisotopic (exact) mass is 280 g/mol. The van der Waals surface area contributed by atoms with Crippen LogP contribution in [-0.4, -0.2) is 43.7 Å². The largest absolute Gasteiger partial charge is 0.379 e. The molecule has 1 N–H and O–H groups in total. The number of rotatable bonds is 5. The normalized spacial score (nSPS) is 22.1. The van der Waals surface area contributed by atoms with Gasteiger partial charge in [0.1, 0.15) is 0 Å². The van der Waals surface area contributed by atoms with Gasteiger partial charge in [-0.2, -0.15) is 11.3 Å². The van der Waals surface area contributed by atoms with Gasteiger partial charge in [0.2, 0.25) is 5.91 Å². The molecule has 3 rings (SSSR count). The number of thiophene rings is 1. The zero-order valence-electron chi connectivity index (χ0n) is 11.0. The predicted molar refractivity (Wildman–Crippen MR) is 75.2 cm³/mol. The fourth-order valence-corrected chi connectivity index (χ4v) is 3.21. The summed E-state index contributed by atoms with van der Waals surface area (Å²) in [6.07, 6.45) is 2.12. The summed E-state index contributed by atoms with van der Waals surface area (Å²) in [4.78, 5) is 14.2. The Labute approximate surface area is 117 Å². The molecule has 1 aromatic rings. The maximum Gasteiger partial charge on any atom is 0.223 e. The van der Waals surface area contributed by atoms with Gasteiger partial charge in [0, 0.05) is 25.6 Å². The maximum atomic E-state index is 11.8. The Hall–Kier alpha value is -0.910. The van der Waals surface area contributed by atoms with E-state index in [1.807, 2.05) is 0 Å². The number of carbonyl (C=O) groups excluding carboxylic acids is 1. The van der Waals surface area contributed by atoms with Crippen LogP contribution in [0.2, 0.25) is 0 Å². The Kier molecular flexibility index (Phi) is 4.15. The van der Waals surface area contributed by atoms with Gasteiger partial charge in [0.15, 0.2) is 0 Å². The first-order valence-electron chi connectivity index (χ1n) is 6.96. The summed E-state index contributed by atoms with van der Waals surface area (Å²) in [5.41, 5.74) is 1.31. The van der Waals surface area contributed by atoms with Crippen molar-refractivity contribution in [2.24, 2.45) is 5.92 Å². The van der Waals surface area contributed by atoms with Gasteiger partial charge < -0.3 is 10.1 Å². The van der Waals surface area contributed by atoms with Crippen LogP contribution in [0.25, 0.3) is 0 Å². The fraction of sp³-hybridized carbons (Fsp3) is 0.643. The molecule has 2 aliphatic rings. The third-order valence-corrected chi connectivity index (χ3v) is 4.53. The SMILES string of the molecule is O=C(NC[C@H](c1ccsc1)N1CCOCC1)C1CC1. The molecule has 0 bridgehead atoms. The molecule has 0 spiro atoms. The molecule has 0 radical (unpaired) electrons. The molecule has 1 aromatic heterocycles. The van der Waals surface area contributed by atoms with E-state index in [0.29, 0.717) is 6.54 Å². The molecule has 1 amide bonds. The van der Waals surface area contributed by atoms with Crippen LogP contribution in [0.1, 0.15) is 24.4 Å². The Balaban J connectivity index is 1.63. The summed E-state index contributed by atoms with van der Waals surface area (Å²) in [5, 5.41) is 7.40. The predicted octanol–water partition coefficient (Wildman–Crippen LogP) is 1.65. The molecular weight excluding hydrogens is 260 g/mol. The molecule has 104 valence electrons. The summed E-state index contributed by atoms with van der Waals surface area (Å²) in [5.74, 6) is 0.515. The van der Waals surface area contributed by atoms with Crippen molar-refractivity contribution in [2.45, 2.75) is 18.9 Å². The van der Waals surface area contributed by atoms with Crippen LogP contribution in [0.3, 0.4) is 0 Å². The minimum absolute atomic E-state index is 0.230. The number of nitrogens with zero attached hydrogens (tertiary/aromatic N) is 1. The summed E-state index contributed by atoms with van der Waals surface area (Å²) < 4.78 is 5.41. The maximum absolute atomic E-state index is 11.8. The van der Waals surface area contributed by atoms with Crippen molar-refractivity contribution in [2.75, 3.05) is 32.8 Å². The van der Waals surface area contributed by atoms with Gasteiger partial charge in [-0.15, -0.1) is 0 Å². The lowest BCUT2D eigenvalue weighted by molar-refractivity contribution is -0.122. The minimum atomic E-state index is 0.230. The number of hydrogen-bond donors (Lipinski definition) is 1. The highest BCUT2D eigenvalue weighted by Gasteiger charge is 2.31. The van der Waals surface area contributed by atoms with E-state index in [1.165, 1.54) is 5.56 Å². The van der Waals surface area contributed by atoms with Crippen LogP contribution < -0.4 is 5.32 Å². The third-order valence-electron chi connectivity index (χ3n) is 3.83. The summed E-state index contributed by atoms with van der Waals surface area (Å²) >= 11 is 1.71. The van der Waals surface area contributed by atoms with Gasteiger partial charge in [0.05, 0.1) is 19.3 Å². The van der Waals surface area contributed by atoms with Gasteiger partial charge in [-0.05, 0) is 35.2 Å². The summed E-state index contributed by atoms with van der Waals surface area (Å²) in [7, 11) is 0. The lowest BCUT2D eigenvalue weighted by Gasteiger charge is -2.34. The number of carbonyl (C=O) groups is 1. The molecule has 1 aliphatic carbocycles. The van der Waals surface area contributed by atoms with Crippen molar-refractivity contribution in [1.82, 2.24) is 10.2 Å². The van der Waals surface area contributed by atoms with Crippen molar-refractivity contribution in [3.05, 3.63) is 22.4 Å². The van der Waals surface area contributed by atoms with E-state index >= 15 is 0 Å². The molecule has 2 heterocycles. The topological polar surface area (TPSA) is 41.6 Å². The van der Waals surface area contributed by atoms with E-state index in [1.54, 1.807) is 11.3 Å². The van der Waals surface area contributed by atoms with Crippen molar-refractivity contribution in [3.63, 3.8) is 0 Å². The summed E-state index contributed by atoms with van der Waals surface area (Å²) in [6, 6.07) is 2.45. The van der Waals surface area contributed by atoms with Gasteiger partial charge in [0.25, 0.3) is 0 Å². The molecule has 2 fully saturated rings. The first-order chi connectivity index (χ1) is 9.34. The highest BCUT2D eigenvalue weighted by atomic mass is 32.1. The Morgan fingerprint density at radius 2 is 2.26 bits per heavy atom. The molecule has 1 saturated heterocycles. The fourth-order valence-electron chi connectivity index (χ4n) is 2.50. The van der Waals surface area contributed by atoms with Crippen molar-refractivity contribution in [3.8, 4) is 0 Å². The zero-order chi connectivity index (χ0) is 13.1. The molecule has 4 nitrogen and oxygen atoms in total. The van der Waals surface area contributed by atoms with Crippen LogP contribution in [0.5, 0.6) is 0 Å². The number of morpholine rings is 1. The molecule has 0 unspecified atom stereocenters. The van der Waals surface area contributed by atoms with Crippen LogP contribution in [0.4, 0.5) is 0 Å². The van der Waals surface area contributed by atoms with Crippen molar-refractivity contribution in [1.29, 1.82) is 0 Å². The molecule has 1 saturated carbocycles. The standard InChI is InChI=1S/C14H20N2O2S/c17-14(11-1-2-11)15-9-13(12-3-8-19-10-12)16-4-6-18-7-5-16/h3,8,10-11,13H,1-2,4-7,9H2,(H,15,17)/t13-/m1/s1. The second-order valence-corrected chi connectivity index (χ2v) is 6.02. The first-order valence-corrected chi connectivity index (χ1v) is 7.90. The smallest absolute Gasteiger partial charge is 0.223 e. The van der Waals surface area contributed by atoms with Gasteiger partial charge >= 0.3 is 0 Å². The Morgan fingerprint density at radius 3 is 2.89 bits per heavy atom. The van der Waals surface area contributed by atoms with Crippen LogP contribution in [0.15, 0.2) is 16.8 Å². The first kappa shape index (κ1) is 13.1. The quantitative estimate of drug-likeness (QED) is 0.891. The van der Waals surface area contributed by atoms with E-state index in [0.717, 1.165) is 39.1 Å². The van der Waals surface area contributed by atoms with E-state index in [-0.39, 0.29) is 17.9 Å². The number of nitrogens with one attached hydrogen (secondary N) is 1. The van der Waals surface area contributed by atoms with Gasteiger partial charge in [-0.25, -0.2) is 0 Å². The second kappa shape index (κ2) is 6.03. The second-order valence-electron chi connectivity index (χ2n) is 5.24. The number of ether oxygens (including phenoxy) is 1. The summed E-state index contributed by atoms with van der Waals surface area (Å²) in [6.45, 7) is 4.18. The average Bonchev–Trinajstić information content (AvgIpc) is 3.17. The molecule has 19 heavy (non-hydrogen) atoms. The van der Waals surface area contributed by atoms with Crippen LogP contribution in [-0.2, 0) is 9.53 Å². The van der Waals surface area contributed by atoms with E-state index in [2.05, 4.69) is 27.0 Å². The van der Waals surface area contributed by atoms with E-state index < -0.39 is 0 Å². The average molecular weight is 280 g/mol. The molecule has 1 aliphatic heterocycles. The molecule has 1 atom stereocenters. The highest BCUT2D eigenvalue weighted by molar-refractivity contribution is 7.07.